The van der Waals surface area contributed by atoms with Crippen LogP contribution in [0.3, 0.4) is 0 Å². The maximum atomic E-state index is 13.2. The second-order valence-electron chi connectivity index (χ2n) is 8.72. The fraction of sp³-hybridized carbons (Fsp3) is 0.133. The second-order valence-corrected chi connectivity index (χ2v) is 8.72. The summed E-state index contributed by atoms with van der Waals surface area (Å²) in [5.41, 5.74) is 3.49. The molecular weight excluding hydrogens is 450 g/mol. The third-order valence-corrected chi connectivity index (χ3v) is 5.88. The number of para-hydroxylation sites is 1. The Bertz CT molecular complexity index is 1280. The summed E-state index contributed by atoms with van der Waals surface area (Å²) in [5, 5.41) is 8.64. The Hall–Kier alpha value is -4.58. The Kier molecular flexibility index (Phi) is 6.94. The van der Waals surface area contributed by atoms with Gasteiger partial charge in [-0.25, -0.2) is 4.79 Å². The van der Waals surface area contributed by atoms with Crippen molar-refractivity contribution in [3.8, 4) is 5.75 Å². The van der Waals surface area contributed by atoms with Crippen LogP contribution < -0.4 is 20.7 Å². The van der Waals surface area contributed by atoms with Gasteiger partial charge in [0, 0.05) is 17.4 Å². The molecule has 6 heteroatoms. The van der Waals surface area contributed by atoms with Crippen LogP contribution >= 0.6 is 0 Å². The molecule has 3 N–H and O–H groups in total. The lowest BCUT2D eigenvalue weighted by Gasteiger charge is -2.22. The molecule has 0 radical (unpaired) electrons. The van der Waals surface area contributed by atoms with E-state index in [1.165, 1.54) is 0 Å². The van der Waals surface area contributed by atoms with Crippen LogP contribution in [0.5, 0.6) is 5.75 Å². The minimum Gasteiger partial charge on any atom is -0.480 e. The molecule has 0 saturated heterocycles. The number of hydrogen-bond donors (Lipinski definition) is 3. The van der Waals surface area contributed by atoms with Crippen LogP contribution in [0.25, 0.3) is 0 Å². The second kappa shape index (κ2) is 10.8. The normalized spacial score (nSPS) is 12.6. The molecule has 1 saturated carbocycles. The molecule has 0 aromatic heterocycles. The number of hydrogen-bond acceptors (Lipinski definition) is 3. The van der Waals surface area contributed by atoms with E-state index in [1.54, 1.807) is 30.3 Å². The van der Waals surface area contributed by atoms with Gasteiger partial charge in [0.2, 0.25) is 0 Å². The zero-order chi connectivity index (χ0) is 24.7. The van der Waals surface area contributed by atoms with E-state index in [0.717, 1.165) is 24.0 Å². The van der Waals surface area contributed by atoms with E-state index in [1.807, 2.05) is 78.9 Å². The van der Waals surface area contributed by atoms with Crippen molar-refractivity contribution in [1.82, 2.24) is 5.32 Å². The molecule has 1 aliphatic carbocycles. The first-order chi connectivity index (χ1) is 17.7. The average molecular weight is 478 g/mol. The van der Waals surface area contributed by atoms with Crippen LogP contribution in [0.4, 0.5) is 16.2 Å². The van der Waals surface area contributed by atoms with Gasteiger partial charge in [-0.05, 0) is 54.3 Å². The van der Waals surface area contributed by atoms with E-state index >= 15 is 0 Å². The minimum absolute atomic E-state index is 0.183. The van der Waals surface area contributed by atoms with Crippen LogP contribution in [0.2, 0.25) is 0 Å². The van der Waals surface area contributed by atoms with E-state index in [0.29, 0.717) is 22.7 Å². The van der Waals surface area contributed by atoms with Crippen molar-refractivity contribution in [2.75, 3.05) is 10.6 Å². The largest absolute Gasteiger partial charge is 0.480 e. The van der Waals surface area contributed by atoms with E-state index in [9.17, 15) is 9.59 Å². The zero-order valence-electron chi connectivity index (χ0n) is 19.7. The summed E-state index contributed by atoms with van der Waals surface area (Å²) in [7, 11) is 0. The van der Waals surface area contributed by atoms with Gasteiger partial charge in [-0.1, -0.05) is 78.9 Å². The first-order valence-corrected chi connectivity index (χ1v) is 12.0. The molecule has 0 heterocycles. The topological polar surface area (TPSA) is 79.5 Å². The van der Waals surface area contributed by atoms with Crippen molar-refractivity contribution in [2.24, 2.45) is 0 Å². The van der Waals surface area contributed by atoms with Gasteiger partial charge < -0.3 is 20.7 Å². The lowest BCUT2D eigenvalue weighted by atomic mass is 10.0. The highest BCUT2D eigenvalue weighted by Crippen LogP contribution is 2.32. The van der Waals surface area contributed by atoms with Gasteiger partial charge >= 0.3 is 6.03 Å². The Labute approximate surface area is 210 Å². The van der Waals surface area contributed by atoms with Gasteiger partial charge in [0.25, 0.3) is 5.91 Å². The first kappa shape index (κ1) is 23.2. The highest BCUT2D eigenvalue weighted by molar-refractivity contribution is 6.02. The summed E-state index contributed by atoms with van der Waals surface area (Å²) in [6, 6.07) is 33.9. The van der Waals surface area contributed by atoms with Gasteiger partial charge in [-0.2, -0.15) is 0 Å². The van der Waals surface area contributed by atoms with E-state index in [4.69, 9.17) is 4.74 Å². The third-order valence-electron chi connectivity index (χ3n) is 5.88. The summed E-state index contributed by atoms with van der Waals surface area (Å²) in [6.07, 6.45) is 1.53. The summed E-state index contributed by atoms with van der Waals surface area (Å²) in [5.74, 6) is 0.222. The number of benzene rings is 4. The van der Waals surface area contributed by atoms with E-state index in [2.05, 4.69) is 16.0 Å². The van der Waals surface area contributed by atoms with Gasteiger partial charge in [-0.3, -0.25) is 4.79 Å². The van der Waals surface area contributed by atoms with Crippen LogP contribution in [0.1, 0.15) is 40.4 Å². The lowest BCUT2D eigenvalue weighted by Crippen LogP contribution is -2.27. The van der Waals surface area contributed by atoms with Crippen molar-refractivity contribution in [3.05, 3.63) is 126 Å². The van der Waals surface area contributed by atoms with Gasteiger partial charge in [0.15, 0.2) is 0 Å². The fourth-order valence-corrected chi connectivity index (χ4v) is 3.90. The average Bonchev–Trinajstić information content (AvgIpc) is 3.73. The monoisotopic (exact) mass is 477 g/mol. The lowest BCUT2D eigenvalue weighted by molar-refractivity contribution is 0.0945. The van der Waals surface area contributed by atoms with Crippen LogP contribution in [0.15, 0.2) is 109 Å². The standard InChI is InChI=1S/C30H27N3O3/c34-29(31-24-16-17-24)26-20-25(33-30(35)32-23-14-8-3-9-15-23)18-19-27(26)36-28(21-10-4-1-5-11-21)22-12-6-2-7-13-22/h1-15,18-20,24,28H,16-17H2,(H,31,34)(H2,32,33,35). The molecule has 0 bridgehead atoms. The number of carbonyl (C=O) groups excluding carboxylic acids is 2. The quantitative estimate of drug-likeness (QED) is 0.275. The number of ether oxygens (including phenoxy) is 1. The molecule has 1 aliphatic rings. The number of amides is 3. The summed E-state index contributed by atoms with van der Waals surface area (Å²) in [6.45, 7) is 0. The molecule has 5 rings (SSSR count). The predicted molar refractivity (Wildman–Crippen MR) is 141 cm³/mol. The molecule has 0 atom stereocenters. The molecule has 4 aromatic rings. The number of carbonyl (C=O) groups is 2. The highest BCUT2D eigenvalue weighted by Gasteiger charge is 2.27. The van der Waals surface area contributed by atoms with Crippen molar-refractivity contribution in [1.29, 1.82) is 0 Å². The number of urea groups is 1. The fourth-order valence-electron chi connectivity index (χ4n) is 3.90. The van der Waals surface area contributed by atoms with Crippen molar-refractivity contribution >= 4 is 23.3 Å². The molecule has 6 nitrogen and oxygen atoms in total. The molecule has 1 fully saturated rings. The smallest absolute Gasteiger partial charge is 0.323 e. The van der Waals surface area contributed by atoms with Crippen molar-refractivity contribution in [2.45, 2.75) is 25.0 Å². The first-order valence-electron chi connectivity index (χ1n) is 12.0. The van der Waals surface area contributed by atoms with Gasteiger partial charge in [0.1, 0.15) is 11.9 Å². The molecule has 180 valence electrons. The predicted octanol–water partition coefficient (Wildman–Crippen LogP) is 6.39. The SMILES string of the molecule is O=C(Nc1ccccc1)Nc1ccc(OC(c2ccccc2)c2ccccc2)c(C(=O)NC2CC2)c1. The Morgan fingerprint density at radius 1 is 0.694 bits per heavy atom. The van der Waals surface area contributed by atoms with Gasteiger partial charge in [0.05, 0.1) is 5.56 Å². The Balaban J connectivity index is 1.43. The number of nitrogens with one attached hydrogen (secondary N) is 3. The molecule has 0 unspecified atom stereocenters. The number of rotatable bonds is 8. The van der Waals surface area contributed by atoms with Gasteiger partial charge in [-0.15, -0.1) is 0 Å². The van der Waals surface area contributed by atoms with Crippen molar-refractivity contribution in [3.63, 3.8) is 0 Å². The summed E-state index contributed by atoms with van der Waals surface area (Å²) < 4.78 is 6.51. The van der Waals surface area contributed by atoms with Crippen LogP contribution in [-0.4, -0.2) is 18.0 Å². The maximum Gasteiger partial charge on any atom is 0.323 e. The van der Waals surface area contributed by atoms with E-state index in [-0.39, 0.29) is 11.9 Å². The Morgan fingerprint density at radius 2 is 1.25 bits per heavy atom. The minimum atomic E-state index is -0.403. The Morgan fingerprint density at radius 3 is 1.83 bits per heavy atom. The third kappa shape index (κ3) is 5.91. The number of anilines is 2. The zero-order valence-corrected chi connectivity index (χ0v) is 19.7. The van der Waals surface area contributed by atoms with E-state index < -0.39 is 12.1 Å². The molecule has 36 heavy (non-hydrogen) atoms. The molecule has 0 aliphatic heterocycles. The molecule has 4 aromatic carbocycles. The summed E-state index contributed by atoms with van der Waals surface area (Å²) >= 11 is 0. The maximum absolute atomic E-state index is 13.2. The molecule has 0 spiro atoms. The highest BCUT2D eigenvalue weighted by atomic mass is 16.5. The summed E-state index contributed by atoms with van der Waals surface area (Å²) in [4.78, 5) is 25.7. The molecule has 3 amide bonds. The van der Waals surface area contributed by atoms with Crippen LogP contribution in [0, 0.1) is 0 Å². The van der Waals surface area contributed by atoms with Crippen LogP contribution in [-0.2, 0) is 0 Å². The van der Waals surface area contributed by atoms with Crippen molar-refractivity contribution < 1.29 is 14.3 Å². The molecular formula is C30H27N3O3.